The van der Waals surface area contributed by atoms with Crippen molar-refractivity contribution in [1.29, 1.82) is 0 Å². The lowest BCUT2D eigenvalue weighted by Gasteiger charge is -2.06. The number of hydrogen-bond acceptors (Lipinski definition) is 2. The number of halogens is 3. The van der Waals surface area contributed by atoms with Gasteiger partial charge < -0.3 is 9.47 Å². The fourth-order valence-corrected chi connectivity index (χ4v) is 2.65. The summed E-state index contributed by atoms with van der Waals surface area (Å²) < 4.78 is 51.2. The summed E-state index contributed by atoms with van der Waals surface area (Å²) in [6.07, 6.45) is 3.16. The van der Waals surface area contributed by atoms with E-state index in [9.17, 15) is 13.2 Å². The van der Waals surface area contributed by atoms with Crippen LogP contribution in [0.25, 0.3) is 23.3 Å². The average Bonchev–Trinajstić information content (AvgIpc) is 2.69. The molecule has 0 fully saturated rings. The molecule has 0 N–H and O–H groups in total. The summed E-state index contributed by atoms with van der Waals surface area (Å²) in [5.74, 6) is -2.36. The van der Waals surface area contributed by atoms with Crippen molar-refractivity contribution >= 4 is 12.2 Å². The van der Waals surface area contributed by atoms with Crippen molar-refractivity contribution in [3.8, 4) is 22.6 Å². The van der Waals surface area contributed by atoms with E-state index >= 15 is 0 Å². The van der Waals surface area contributed by atoms with Crippen LogP contribution in [0.2, 0.25) is 0 Å². The van der Waals surface area contributed by atoms with Crippen LogP contribution in [0.5, 0.6) is 11.5 Å². The van der Waals surface area contributed by atoms with Crippen molar-refractivity contribution < 1.29 is 22.6 Å². The fraction of sp³-hybridized carbons (Fsp3) is 0.0909. The van der Waals surface area contributed by atoms with Crippen LogP contribution in [0, 0.1) is 17.5 Å². The van der Waals surface area contributed by atoms with E-state index in [1.165, 1.54) is 38.5 Å². The molecule has 0 saturated heterocycles. The monoisotopic (exact) mass is 370 g/mol. The Kier molecular flexibility index (Phi) is 5.50. The van der Waals surface area contributed by atoms with Crippen molar-refractivity contribution in [3.63, 3.8) is 0 Å². The minimum absolute atomic E-state index is 0.120. The standard InChI is InChI=1S/C22H17F3O2/c1-26-19-11-10-17(13-18(19)23)15-6-3-14(4-7-15)5-8-16-9-12-20(27-2)22(25)21(16)24/h3-13H,1-2H3/b8-5+. The summed E-state index contributed by atoms with van der Waals surface area (Å²) in [6, 6.07) is 14.8. The molecule has 5 heteroatoms. The van der Waals surface area contributed by atoms with Gasteiger partial charge in [0.15, 0.2) is 23.1 Å². The predicted octanol–water partition coefficient (Wildman–Crippen LogP) is 5.96. The first-order valence-electron chi connectivity index (χ1n) is 8.17. The molecule has 0 amide bonds. The van der Waals surface area contributed by atoms with Crippen LogP contribution in [0.4, 0.5) is 13.2 Å². The maximum Gasteiger partial charge on any atom is 0.201 e. The molecule has 0 radical (unpaired) electrons. The van der Waals surface area contributed by atoms with Gasteiger partial charge in [0.1, 0.15) is 0 Å². The fourth-order valence-electron chi connectivity index (χ4n) is 2.65. The van der Waals surface area contributed by atoms with Gasteiger partial charge in [0.05, 0.1) is 14.2 Å². The van der Waals surface area contributed by atoms with Crippen LogP contribution < -0.4 is 9.47 Å². The Balaban J connectivity index is 1.81. The second-order valence-corrected chi connectivity index (χ2v) is 5.79. The van der Waals surface area contributed by atoms with Gasteiger partial charge in [0.25, 0.3) is 0 Å². The van der Waals surface area contributed by atoms with Crippen LogP contribution in [0.1, 0.15) is 11.1 Å². The van der Waals surface area contributed by atoms with Gasteiger partial charge in [0.2, 0.25) is 5.82 Å². The molecule has 0 bridgehead atoms. The minimum Gasteiger partial charge on any atom is -0.494 e. The second-order valence-electron chi connectivity index (χ2n) is 5.79. The lowest BCUT2D eigenvalue weighted by Crippen LogP contribution is -1.94. The van der Waals surface area contributed by atoms with Crippen LogP contribution in [0.3, 0.4) is 0 Å². The van der Waals surface area contributed by atoms with Crippen molar-refractivity contribution in [1.82, 2.24) is 0 Å². The van der Waals surface area contributed by atoms with Crippen LogP contribution in [-0.4, -0.2) is 14.2 Å². The van der Waals surface area contributed by atoms with Crippen molar-refractivity contribution in [2.75, 3.05) is 14.2 Å². The largest absolute Gasteiger partial charge is 0.494 e. The first kappa shape index (κ1) is 18.6. The summed E-state index contributed by atoms with van der Waals surface area (Å²) in [5, 5.41) is 0. The highest BCUT2D eigenvalue weighted by Crippen LogP contribution is 2.27. The highest BCUT2D eigenvalue weighted by molar-refractivity contribution is 5.72. The van der Waals surface area contributed by atoms with Crippen molar-refractivity contribution in [2.45, 2.75) is 0 Å². The number of methoxy groups -OCH3 is 2. The van der Waals surface area contributed by atoms with Crippen LogP contribution in [0.15, 0.2) is 54.6 Å². The Labute approximate surface area is 155 Å². The quantitative estimate of drug-likeness (QED) is 0.516. The lowest BCUT2D eigenvalue weighted by atomic mass is 10.0. The number of hydrogen-bond donors (Lipinski definition) is 0. The molecule has 0 aliphatic heterocycles. The van der Waals surface area contributed by atoms with E-state index in [-0.39, 0.29) is 17.1 Å². The molecule has 3 aromatic rings. The lowest BCUT2D eigenvalue weighted by molar-refractivity contribution is 0.371. The molecule has 138 valence electrons. The normalized spacial score (nSPS) is 11.0. The Morgan fingerprint density at radius 1 is 0.667 bits per heavy atom. The molecule has 0 aliphatic rings. The first-order valence-corrected chi connectivity index (χ1v) is 8.17. The maximum atomic E-state index is 14.0. The Morgan fingerprint density at radius 2 is 1.30 bits per heavy atom. The molecule has 3 rings (SSSR count). The molecule has 0 unspecified atom stereocenters. The van der Waals surface area contributed by atoms with Crippen LogP contribution in [-0.2, 0) is 0 Å². The topological polar surface area (TPSA) is 18.5 Å². The number of rotatable bonds is 5. The number of ether oxygens (including phenoxy) is 2. The zero-order valence-corrected chi connectivity index (χ0v) is 14.8. The molecule has 0 aliphatic carbocycles. The molecule has 0 saturated carbocycles. The third-order valence-corrected chi connectivity index (χ3v) is 4.15. The van der Waals surface area contributed by atoms with E-state index in [1.54, 1.807) is 18.2 Å². The Bertz CT molecular complexity index is 980. The van der Waals surface area contributed by atoms with Gasteiger partial charge >= 0.3 is 0 Å². The van der Waals surface area contributed by atoms with Gasteiger partial charge in [-0.15, -0.1) is 0 Å². The number of benzene rings is 3. The molecule has 3 aromatic carbocycles. The van der Waals surface area contributed by atoms with Gasteiger partial charge in [-0.25, -0.2) is 8.78 Å². The van der Waals surface area contributed by atoms with E-state index < -0.39 is 17.5 Å². The molecule has 0 atom stereocenters. The second kappa shape index (κ2) is 7.99. The van der Waals surface area contributed by atoms with Gasteiger partial charge in [-0.1, -0.05) is 42.5 Å². The zero-order chi connectivity index (χ0) is 19.4. The molecule has 2 nitrogen and oxygen atoms in total. The van der Waals surface area contributed by atoms with Crippen LogP contribution >= 0.6 is 0 Å². The summed E-state index contributed by atoms with van der Waals surface area (Å²) >= 11 is 0. The molecular weight excluding hydrogens is 353 g/mol. The van der Waals surface area contributed by atoms with Crippen molar-refractivity contribution in [3.05, 3.63) is 83.2 Å². The summed E-state index contributed by atoms with van der Waals surface area (Å²) in [6.45, 7) is 0. The van der Waals surface area contributed by atoms with Gasteiger partial charge in [-0.05, 0) is 41.0 Å². The minimum atomic E-state index is -1.02. The Hall–Kier alpha value is -3.21. The summed E-state index contributed by atoms with van der Waals surface area (Å²) in [4.78, 5) is 0. The zero-order valence-electron chi connectivity index (χ0n) is 14.8. The smallest absolute Gasteiger partial charge is 0.201 e. The van der Waals surface area contributed by atoms with E-state index in [2.05, 4.69) is 0 Å². The highest BCUT2D eigenvalue weighted by Gasteiger charge is 2.12. The molecule has 27 heavy (non-hydrogen) atoms. The first-order chi connectivity index (χ1) is 13.0. The summed E-state index contributed by atoms with van der Waals surface area (Å²) in [7, 11) is 2.69. The Morgan fingerprint density at radius 3 is 1.93 bits per heavy atom. The molecular formula is C22H17F3O2. The van der Waals surface area contributed by atoms with Gasteiger partial charge in [-0.3, -0.25) is 0 Å². The molecule has 0 spiro atoms. The van der Waals surface area contributed by atoms with E-state index in [0.29, 0.717) is 5.56 Å². The highest BCUT2D eigenvalue weighted by atomic mass is 19.2. The SMILES string of the molecule is COc1ccc(-c2ccc(/C=C/c3ccc(OC)c(F)c3F)cc2)cc1F. The summed E-state index contributed by atoms with van der Waals surface area (Å²) in [5.41, 5.74) is 2.46. The van der Waals surface area contributed by atoms with E-state index in [4.69, 9.17) is 9.47 Å². The average molecular weight is 370 g/mol. The van der Waals surface area contributed by atoms with Gasteiger partial charge in [-0.2, -0.15) is 4.39 Å². The molecule has 0 heterocycles. The third-order valence-electron chi connectivity index (χ3n) is 4.15. The van der Waals surface area contributed by atoms with Crippen molar-refractivity contribution in [2.24, 2.45) is 0 Å². The predicted molar refractivity (Wildman–Crippen MR) is 100 cm³/mol. The maximum absolute atomic E-state index is 14.0. The van der Waals surface area contributed by atoms with E-state index in [0.717, 1.165) is 11.1 Å². The van der Waals surface area contributed by atoms with Gasteiger partial charge in [0, 0.05) is 5.56 Å². The van der Waals surface area contributed by atoms with E-state index in [1.807, 2.05) is 24.3 Å². The third kappa shape index (κ3) is 3.97. The molecule has 0 aromatic heterocycles.